The topological polar surface area (TPSA) is 87.3 Å². The highest BCUT2D eigenvalue weighted by atomic mass is 32.2. The molecule has 1 fully saturated rings. The Labute approximate surface area is 154 Å². The molecule has 3 N–H and O–H groups in total. The molecule has 0 bridgehead atoms. The third kappa shape index (κ3) is 3.89. The Morgan fingerprint density at radius 3 is 2.15 bits per heavy atom. The predicted octanol–water partition coefficient (Wildman–Crippen LogP) is 1.87. The predicted molar refractivity (Wildman–Crippen MR) is 102 cm³/mol. The molecule has 3 rings (SSSR count). The molecule has 0 radical (unpaired) electrons. The second-order valence-corrected chi connectivity index (χ2v) is 8.38. The van der Waals surface area contributed by atoms with Crippen LogP contribution in [0.3, 0.4) is 0 Å². The second kappa shape index (κ2) is 7.88. The van der Waals surface area contributed by atoms with Crippen LogP contribution in [-0.2, 0) is 21.4 Å². The van der Waals surface area contributed by atoms with Gasteiger partial charge in [-0.1, -0.05) is 48.5 Å². The monoisotopic (exact) mass is 373 g/mol. The van der Waals surface area contributed by atoms with Gasteiger partial charge in [0.1, 0.15) is 0 Å². The quantitative estimate of drug-likeness (QED) is 0.721. The lowest BCUT2D eigenvalue weighted by Crippen LogP contribution is -2.59. The van der Waals surface area contributed by atoms with Crippen molar-refractivity contribution >= 4 is 21.6 Å². The lowest BCUT2D eigenvalue weighted by molar-refractivity contribution is -0.124. The van der Waals surface area contributed by atoms with Gasteiger partial charge in [0, 0.05) is 12.2 Å². The van der Waals surface area contributed by atoms with E-state index in [1.165, 1.54) is 0 Å². The molecule has 0 saturated carbocycles. The van der Waals surface area contributed by atoms with Crippen molar-refractivity contribution in [1.29, 1.82) is 0 Å². The van der Waals surface area contributed by atoms with Crippen molar-refractivity contribution in [3.8, 4) is 0 Å². The van der Waals surface area contributed by atoms with Crippen molar-refractivity contribution in [2.45, 2.75) is 24.1 Å². The van der Waals surface area contributed by atoms with Crippen molar-refractivity contribution in [2.24, 2.45) is 0 Å². The molecule has 26 heavy (non-hydrogen) atoms. The van der Waals surface area contributed by atoms with Crippen LogP contribution >= 0.6 is 0 Å². The molecular formula is C19H23N3O3S. The molecule has 6 nitrogen and oxygen atoms in total. The SMILES string of the molecule is O=C(NCc1ccccc1)C1(S(=O)(=O)Nc2ccccc2)CCNCC1. The van der Waals surface area contributed by atoms with Gasteiger partial charge >= 0.3 is 0 Å². The summed E-state index contributed by atoms with van der Waals surface area (Å²) in [6.07, 6.45) is 0.464. The zero-order chi connectivity index (χ0) is 18.5. The number of anilines is 1. The fourth-order valence-electron chi connectivity index (χ4n) is 3.15. The van der Waals surface area contributed by atoms with Crippen LogP contribution in [0.2, 0.25) is 0 Å². The maximum Gasteiger partial charge on any atom is 0.247 e. The molecule has 1 aliphatic rings. The molecule has 7 heteroatoms. The van der Waals surface area contributed by atoms with Crippen molar-refractivity contribution in [3.05, 3.63) is 66.2 Å². The molecule has 0 spiro atoms. The number of nitrogens with one attached hydrogen (secondary N) is 3. The smallest absolute Gasteiger partial charge is 0.247 e. The fraction of sp³-hybridized carbons (Fsp3) is 0.316. The molecule has 2 aromatic rings. The number of rotatable bonds is 6. The highest BCUT2D eigenvalue weighted by molar-refractivity contribution is 7.94. The van der Waals surface area contributed by atoms with Crippen molar-refractivity contribution < 1.29 is 13.2 Å². The summed E-state index contributed by atoms with van der Waals surface area (Å²) < 4.78 is 27.4. The summed E-state index contributed by atoms with van der Waals surface area (Å²) in [5.41, 5.74) is 1.39. The number of piperidine rings is 1. The molecule has 0 atom stereocenters. The molecular weight excluding hydrogens is 350 g/mol. The summed E-state index contributed by atoms with van der Waals surface area (Å²) in [6.45, 7) is 1.26. The van der Waals surface area contributed by atoms with Gasteiger partial charge in [-0.15, -0.1) is 0 Å². The largest absolute Gasteiger partial charge is 0.351 e. The highest BCUT2D eigenvalue weighted by Gasteiger charge is 2.51. The average Bonchev–Trinajstić information content (AvgIpc) is 2.68. The van der Waals surface area contributed by atoms with Gasteiger partial charge in [0.2, 0.25) is 15.9 Å². The van der Waals surface area contributed by atoms with Crippen LogP contribution in [0.5, 0.6) is 0 Å². The Kier molecular flexibility index (Phi) is 5.58. The van der Waals surface area contributed by atoms with E-state index in [9.17, 15) is 13.2 Å². The Morgan fingerprint density at radius 2 is 1.54 bits per heavy atom. The maximum absolute atomic E-state index is 13.1. The van der Waals surface area contributed by atoms with Gasteiger partial charge < -0.3 is 10.6 Å². The zero-order valence-electron chi connectivity index (χ0n) is 14.4. The summed E-state index contributed by atoms with van der Waals surface area (Å²) in [4.78, 5) is 13.0. The molecule has 0 unspecified atom stereocenters. The minimum absolute atomic E-state index is 0.232. The number of amides is 1. The molecule has 1 amide bonds. The van der Waals surface area contributed by atoms with Gasteiger partial charge in [-0.2, -0.15) is 0 Å². The molecule has 2 aromatic carbocycles. The van der Waals surface area contributed by atoms with Gasteiger partial charge in [0.05, 0.1) is 0 Å². The van der Waals surface area contributed by atoms with Crippen LogP contribution in [-0.4, -0.2) is 32.2 Å². The number of hydrogen-bond donors (Lipinski definition) is 3. The van der Waals surface area contributed by atoms with Gasteiger partial charge in [0.15, 0.2) is 4.75 Å². The first kappa shape index (κ1) is 18.4. The number of benzene rings is 2. The first-order valence-corrected chi connectivity index (χ1v) is 10.1. The van der Waals surface area contributed by atoms with Gasteiger partial charge in [-0.05, 0) is 43.6 Å². The zero-order valence-corrected chi connectivity index (χ0v) is 15.3. The van der Waals surface area contributed by atoms with Gasteiger partial charge in [-0.3, -0.25) is 9.52 Å². The third-order valence-corrected chi connectivity index (χ3v) is 6.79. The number of carbonyl (C=O) groups is 1. The normalized spacial score (nSPS) is 16.6. The van der Waals surface area contributed by atoms with Crippen molar-refractivity contribution in [1.82, 2.24) is 10.6 Å². The molecule has 0 aromatic heterocycles. The van der Waals surface area contributed by atoms with E-state index in [1.807, 2.05) is 36.4 Å². The summed E-state index contributed by atoms with van der Waals surface area (Å²) >= 11 is 0. The maximum atomic E-state index is 13.1. The van der Waals surface area contributed by atoms with Crippen molar-refractivity contribution in [3.63, 3.8) is 0 Å². The van der Waals surface area contributed by atoms with Gasteiger partial charge in [-0.25, -0.2) is 8.42 Å². The minimum atomic E-state index is -3.90. The van der Waals surface area contributed by atoms with Crippen LogP contribution < -0.4 is 15.4 Å². The van der Waals surface area contributed by atoms with E-state index in [0.717, 1.165) is 5.56 Å². The summed E-state index contributed by atoms with van der Waals surface area (Å²) in [5, 5.41) is 5.95. The minimum Gasteiger partial charge on any atom is -0.351 e. The summed E-state index contributed by atoms with van der Waals surface area (Å²) in [6, 6.07) is 18.1. The standard InChI is InChI=1S/C19H23N3O3S/c23-18(21-15-16-7-3-1-4-8-16)19(11-13-20-14-12-19)26(24,25)22-17-9-5-2-6-10-17/h1-10,20,22H,11-15H2,(H,21,23). The van der Waals surface area contributed by atoms with E-state index in [0.29, 0.717) is 25.3 Å². The average molecular weight is 373 g/mol. The van der Waals surface area contributed by atoms with Crippen LogP contribution in [0.25, 0.3) is 0 Å². The number of hydrogen-bond acceptors (Lipinski definition) is 4. The van der Waals surface area contributed by atoms with Crippen LogP contribution in [0.1, 0.15) is 18.4 Å². The second-order valence-electron chi connectivity index (χ2n) is 6.38. The number of sulfonamides is 1. The lowest BCUT2D eigenvalue weighted by Gasteiger charge is -2.35. The van der Waals surface area contributed by atoms with E-state index < -0.39 is 20.7 Å². The Balaban J connectivity index is 1.82. The Morgan fingerprint density at radius 1 is 0.962 bits per heavy atom. The van der Waals surface area contributed by atoms with E-state index >= 15 is 0 Å². The van der Waals surface area contributed by atoms with E-state index in [4.69, 9.17) is 0 Å². The third-order valence-electron chi connectivity index (χ3n) is 4.66. The molecule has 1 aliphatic heterocycles. The number of para-hydroxylation sites is 1. The Hall–Kier alpha value is -2.38. The summed E-state index contributed by atoms with van der Waals surface area (Å²) in [5.74, 6) is -0.453. The van der Waals surface area contributed by atoms with Crippen LogP contribution in [0.4, 0.5) is 5.69 Å². The first-order chi connectivity index (χ1) is 12.5. The number of carbonyl (C=O) groups excluding carboxylic acids is 1. The van der Waals surface area contributed by atoms with Crippen LogP contribution in [0.15, 0.2) is 60.7 Å². The molecule has 1 saturated heterocycles. The molecule has 1 heterocycles. The fourth-order valence-corrected chi connectivity index (χ4v) is 4.85. The molecule has 138 valence electrons. The van der Waals surface area contributed by atoms with Crippen LogP contribution in [0, 0.1) is 0 Å². The van der Waals surface area contributed by atoms with Gasteiger partial charge in [0.25, 0.3) is 0 Å². The summed E-state index contributed by atoms with van der Waals surface area (Å²) in [7, 11) is -3.90. The Bertz CT molecular complexity index is 833. The van der Waals surface area contributed by atoms with E-state index in [2.05, 4.69) is 15.4 Å². The lowest BCUT2D eigenvalue weighted by atomic mass is 9.95. The van der Waals surface area contributed by atoms with E-state index in [1.54, 1.807) is 24.3 Å². The first-order valence-electron chi connectivity index (χ1n) is 8.64. The highest BCUT2D eigenvalue weighted by Crippen LogP contribution is 2.30. The van der Waals surface area contributed by atoms with E-state index in [-0.39, 0.29) is 12.8 Å². The molecule has 0 aliphatic carbocycles. The van der Waals surface area contributed by atoms with Crippen molar-refractivity contribution in [2.75, 3.05) is 17.8 Å².